The SMILES string of the molecule is CCC[n+]1cc(CC)ccc1C. The number of aryl methyl sites for hydroxylation is 3. The second-order valence-corrected chi connectivity index (χ2v) is 3.23. The van der Waals surface area contributed by atoms with E-state index in [0.29, 0.717) is 0 Å². The van der Waals surface area contributed by atoms with E-state index in [-0.39, 0.29) is 0 Å². The summed E-state index contributed by atoms with van der Waals surface area (Å²) in [5, 5.41) is 0. The molecule has 0 aliphatic rings. The third-order valence-corrected chi connectivity index (χ3v) is 2.19. The Kier molecular flexibility index (Phi) is 3.27. The van der Waals surface area contributed by atoms with Gasteiger partial charge in [0.2, 0.25) is 0 Å². The molecular weight excluding hydrogens is 146 g/mol. The predicted molar refractivity (Wildman–Crippen MR) is 51.0 cm³/mol. The molecule has 0 saturated carbocycles. The Morgan fingerprint density at radius 3 is 2.58 bits per heavy atom. The van der Waals surface area contributed by atoms with E-state index in [1.807, 2.05) is 0 Å². The normalized spacial score (nSPS) is 10.2. The Morgan fingerprint density at radius 2 is 2.00 bits per heavy atom. The molecule has 12 heavy (non-hydrogen) atoms. The van der Waals surface area contributed by atoms with Crippen LogP contribution >= 0.6 is 0 Å². The van der Waals surface area contributed by atoms with Gasteiger partial charge in [0.15, 0.2) is 11.9 Å². The first-order valence-electron chi connectivity index (χ1n) is 4.77. The summed E-state index contributed by atoms with van der Waals surface area (Å²) >= 11 is 0. The van der Waals surface area contributed by atoms with Crippen LogP contribution in [0, 0.1) is 6.92 Å². The maximum Gasteiger partial charge on any atom is 0.178 e. The van der Waals surface area contributed by atoms with Crippen LogP contribution in [0.5, 0.6) is 0 Å². The minimum atomic E-state index is 1.13. The maximum atomic E-state index is 2.33. The van der Waals surface area contributed by atoms with E-state index in [9.17, 15) is 0 Å². The van der Waals surface area contributed by atoms with Gasteiger partial charge in [-0.2, -0.15) is 0 Å². The van der Waals surface area contributed by atoms with Crippen LogP contribution in [0.4, 0.5) is 0 Å². The second-order valence-electron chi connectivity index (χ2n) is 3.23. The van der Waals surface area contributed by atoms with E-state index in [1.54, 1.807) is 0 Å². The standard InChI is InChI=1S/C11H18N/c1-4-8-12-9-11(5-2)7-6-10(12)3/h6-7,9H,4-5,8H2,1-3H3/q+1. The Balaban J connectivity index is 2.91. The van der Waals surface area contributed by atoms with Crippen molar-refractivity contribution >= 4 is 0 Å². The van der Waals surface area contributed by atoms with Crippen molar-refractivity contribution in [1.29, 1.82) is 0 Å². The van der Waals surface area contributed by atoms with Gasteiger partial charge in [-0.05, 0) is 12.5 Å². The van der Waals surface area contributed by atoms with E-state index < -0.39 is 0 Å². The lowest BCUT2D eigenvalue weighted by Crippen LogP contribution is -2.36. The molecular formula is C11H18N+. The van der Waals surface area contributed by atoms with E-state index in [0.717, 1.165) is 13.0 Å². The van der Waals surface area contributed by atoms with Gasteiger partial charge in [0, 0.05) is 25.0 Å². The number of rotatable bonds is 3. The van der Waals surface area contributed by atoms with E-state index >= 15 is 0 Å². The molecule has 1 rings (SSSR count). The molecule has 0 aromatic carbocycles. The van der Waals surface area contributed by atoms with Crippen molar-refractivity contribution in [3.63, 3.8) is 0 Å². The van der Waals surface area contributed by atoms with Gasteiger partial charge < -0.3 is 0 Å². The number of hydrogen-bond acceptors (Lipinski definition) is 0. The first-order chi connectivity index (χ1) is 5.77. The van der Waals surface area contributed by atoms with Crippen molar-refractivity contribution in [3.8, 4) is 0 Å². The van der Waals surface area contributed by atoms with Crippen LogP contribution in [0.15, 0.2) is 18.3 Å². The molecule has 1 aromatic heterocycles. The summed E-state index contributed by atoms with van der Waals surface area (Å²) in [6.07, 6.45) is 4.60. The molecule has 0 unspecified atom stereocenters. The molecule has 1 nitrogen and oxygen atoms in total. The average Bonchev–Trinajstić information content (AvgIpc) is 2.09. The quantitative estimate of drug-likeness (QED) is 0.603. The molecule has 0 amide bonds. The minimum absolute atomic E-state index is 1.13. The summed E-state index contributed by atoms with van der Waals surface area (Å²) < 4.78 is 2.33. The van der Waals surface area contributed by atoms with Gasteiger partial charge in [-0.1, -0.05) is 13.8 Å². The Hall–Kier alpha value is -0.850. The zero-order valence-electron chi connectivity index (χ0n) is 8.30. The van der Waals surface area contributed by atoms with Crippen molar-refractivity contribution in [3.05, 3.63) is 29.6 Å². The molecule has 0 atom stereocenters. The van der Waals surface area contributed by atoms with Crippen molar-refractivity contribution in [2.75, 3.05) is 0 Å². The molecule has 0 saturated heterocycles. The smallest absolute Gasteiger partial charge is 0.178 e. The molecule has 0 spiro atoms. The highest BCUT2D eigenvalue weighted by molar-refractivity contribution is 5.08. The van der Waals surface area contributed by atoms with E-state index in [1.165, 1.54) is 17.7 Å². The Morgan fingerprint density at radius 1 is 1.25 bits per heavy atom. The largest absolute Gasteiger partial charge is 0.202 e. The summed E-state index contributed by atoms with van der Waals surface area (Å²) in [6.45, 7) is 7.71. The van der Waals surface area contributed by atoms with Crippen LogP contribution in [0.25, 0.3) is 0 Å². The number of nitrogens with zero attached hydrogens (tertiary/aromatic N) is 1. The second kappa shape index (κ2) is 4.24. The zero-order chi connectivity index (χ0) is 8.97. The molecule has 0 aliphatic carbocycles. The highest BCUT2D eigenvalue weighted by Crippen LogP contribution is 1.98. The highest BCUT2D eigenvalue weighted by atomic mass is 14.9. The topological polar surface area (TPSA) is 3.88 Å². The lowest BCUT2D eigenvalue weighted by molar-refractivity contribution is -0.703. The lowest BCUT2D eigenvalue weighted by atomic mass is 10.2. The Bertz CT molecular complexity index is 253. The first kappa shape index (κ1) is 9.24. The molecule has 0 bridgehead atoms. The minimum Gasteiger partial charge on any atom is -0.202 e. The van der Waals surface area contributed by atoms with Crippen molar-refractivity contribution in [1.82, 2.24) is 0 Å². The third kappa shape index (κ3) is 2.07. The maximum absolute atomic E-state index is 2.33. The van der Waals surface area contributed by atoms with Gasteiger partial charge in [-0.15, -0.1) is 0 Å². The predicted octanol–water partition coefficient (Wildman–Crippen LogP) is 2.25. The lowest BCUT2D eigenvalue weighted by Gasteiger charge is -2.00. The fraction of sp³-hybridized carbons (Fsp3) is 0.545. The molecule has 0 N–H and O–H groups in total. The van der Waals surface area contributed by atoms with Gasteiger partial charge in [-0.3, -0.25) is 0 Å². The average molecular weight is 164 g/mol. The van der Waals surface area contributed by atoms with Crippen molar-refractivity contribution < 1.29 is 4.57 Å². The number of aromatic nitrogens is 1. The summed E-state index contributed by atoms with van der Waals surface area (Å²) in [7, 11) is 0. The monoisotopic (exact) mass is 164 g/mol. The van der Waals surface area contributed by atoms with Crippen LogP contribution in [0.2, 0.25) is 0 Å². The van der Waals surface area contributed by atoms with Gasteiger partial charge in [0.25, 0.3) is 0 Å². The summed E-state index contributed by atoms with van der Waals surface area (Å²) in [5.74, 6) is 0. The summed E-state index contributed by atoms with van der Waals surface area (Å²) in [5.41, 5.74) is 2.78. The first-order valence-corrected chi connectivity index (χ1v) is 4.77. The van der Waals surface area contributed by atoms with Crippen LogP contribution in [0.1, 0.15) is 31.5 Å². The van der Waals surface area contributed by atoms with Crippen LogP contribution in [-0.4, -0.2) is 0 Å². The number of hydrogen-bond donors (Lipinski definition) is 0. The fourth-order valence-corrected chi connectivity index (χ4v) is 1.36. The zero-order valence-corrected chi connectivity index (χ0v) is 8.30. The summed E-state index contributed by atoms with van der Waals surface area (Å²) in [4.78, 5) is 0. The van der Waals surface area contributed by atoms with Gasteiger partial charge >= 0.3 is 0 Å². The molecule has 0 aliphatic heterocycles. The van der Waals surface area contributed by atoms with Gasteiger partial charge in [0.05, 0.1) is 0 Å². The van der Waals surface area contributed by atoms with Gasteiger partial charge in [0.1, 0.15) is 6.54 Å². The number of pyridine rings is 1. The van der Waals surface area contributed by atoms with Crippen LogP contribution in [0.3, 0.4) is 0 Å². The van der Waals surface area contributed by atoms with Crippen LogP contribution < -0.4 is 4.57 Å². The highest BCUT2D eigenvalue weighted by Gasteiger charge is 2.04. The summed E-state index contributed by atoms with van der Waals surface area (Å²) in [6, 6.07) is 4.41. The third-order valence-electron chi connectivity index (χ3n) is 2.19. The molecule has 0 fully saturated rings. The Labute approximate surface area is 75.1 Å². The van der Waals surface area contributed by atoms with Gasteiger partial charge in [-0.25, -0.2) is 4.57 Å². The molecule has 1 heteroatoms. The molecule has 0 radical (unpaired) electrons. The molecule has 1 heterocycles. The van der Waals surface area contributed by atoms with E-state index in [4.69, 9.17) is 0 Å². The van der Waals surface area contributed by atoms with Crippen LogP contribution in [-0.2, 0) is 13.0 Å². The molecule has 1 aromatic rings. The fourth-order valence-electron chi connectivity index (χ4n) is 1.36. The molecule has 66 valence electrons. The van der Waals surface area contributed by atoms with Crippen molar-refractivity contribution in [2.24, 2.45) is 0 Å². The van der Waals surface area contributed by atoms with Crippen molar-refractivity contribution in [2.45, 2.75) is 40.2 Å². The van der Waals surface area contributed by atoms with E-state index in [2.05, 4.69) is 43.7 Å².